The molecular weight excluding hydrogens is 286 g/mol. The largest absolute Gasteiger partial charge is 0.486 e. The molecule has 1 saturated heterocycles. The standard InChI is InChI=1S/C15H15N3O4/c1-2-15(13(19)18(6-5-16)14(20)17-15)10-3-4-11-12(9-10)22-8-7-21-11/h3-4,9H,2,6-8H2,1H3,(H,17,20). The van der Waals surface area contributed by atoms with Crippen LogP contribution in [0.4, 0.5) is 4.79 Å². The molecule has 114 valence electrons. The molecule has 22 heavy (non-hydrogen) atoms. The van der Waals surface area contributed by atoms with Crippen molar-refractivity contribution in [1.82, 2.24) is 10.2 Å². The Bertz CT molecular complexity index is 682. The van der Waals surface area contributed by atoms with Gasteiger partial charge in [0.15, 0.2) is 11.5 Å². The molecule has 1 aromatic carbocycles. The summed E-state index contributed by atoms with van der Waals surface area (Å²) >= 11 is 0. The maximum absolute atomic E-state index is 12.6. The van der Waals surface area contributed by atoms with E-state index in [4.69, 9.17) is 14.7 Å². The minimum absolute atomic E-state index is 0.267. The molecule has 0 radical (unpaired) electrons. The van der Waals surface area contributed by atoms with Crippen LogP contribution < -0.4 is 14.8 Å². The third kappa shape index (κ3) is 1.96. The second-order valence-corrected chi connectivity index (χ2v) is 5.10. The summed E-state index contributed by atoms with van der Waals surface area (Å²) in [6.07, 6.45) is 0.374. The SMILES string of the molecule is CCC1(c2ccc3c(c2)OCCO3)NC(=O)N(CC#N)C1=O. The van der Waals surface area contributed by atoms with E-state index in [1.807, 2.05) is 13.0 Å². The first-order valence-corrected chi connectivity index (χ1v) is 7.03. The normalized spacial score (nSPS) is 23.2. The summed E-state index contributed by atoms with van der Waals surface area (Å²) in [4.78, 5) is 25.6. The van der Waals surface area contributed by atoms with Gasteiger partial charge in [-0.05, 0) is 24.1 Å². The van der Waals surface area contributed by atoms with Gasteiger partial charge >= 0.3 is 6.03 Å². The Hall–Kier alpha value is -2.75. The summed E-state index contributed by atoms with van der Waals surface area (Å²) in [5, 5.41) is 11.5. The molecule has 7 heteroatoms. The van der Waals surface area contributed by atoms with Crippen molar-refractivity contribution in [3.63, 3.8) is 0 Å². The van der Waals surface area contributed by atoms with E-state index in [-0.39, 0.29) is 6.54 Å². The molecule has 0 aliphatic carbocycles. The van der Waals surface area contributed by atoms with Crippen LogP contribution in [0.1, 0.15) is 18.9 Å². The lowest BCUT2D eigenvalue weighted by Gasteiger charge is -2.27. The van der Waals surface area contributed by atoms with Crippen LogP contribution in [0.25, 0.3) is 0 Å². The predicted octanol–water partition coefficient (Wildman–Crippen LogP) is 1.14. The number of nitriles is 1. The van der Waals surface area contributed by atoms with E-state index in [2.05, 4.69) is 5.32 Å². The third-order valence-corrected chi connectivity index (χ3v) is 3.97. The van der Waals surface area contributed by atoms with Gasteiger partial charge in [0.1, 0.15) is 25.3 Å². The first kappa shape index (κ1) is 14.2. The highest BCUT2D eigenvalue weighted by atomic mass is 16.6. The third-order valence-electron chi connectivity index (χ3n) is 3.97. The molecule has 2 aliphatic rings. The van der Waals surface area contributed by atoms with Gasteiger partial charge in [0.25, 0.3) is 5.91 Å². The molecule has 1 aromatic rings. The number of benzene rings is 1. The highest BCUT2D eigenvalue weighted by Gasteiger charge is 2.51. The van der Waals surface area contributed by atoms with Gasteiger partial charge in [0.2, 0.25) is 0 Å². The fourth-order valence-corrected chi connectivity index (χ4v) is 2.79. The molecule has 1 fully saturated rings. The highest BCUT2D eigenvalue weighted by molar-refractivity contribution is 6.07. The van der Waals surface area contributed by atoms with E-state index in [0.717, 1.165) is 4.90 Å². The number of imide groups is 1. The van der Waals surface area contributed by atoms with Crippen molar-refractivity contribution in [1.29, 1.82) is 5.26 Å². The Balaban J connectivity index is 2.03. The second kappa shape index (κ2) is 5.22. The van der Waals surface area contributed by atoms with Crippen LogP contribution in [0, 0.1) is 11.3 Å². The number of carbonyl (C=O) groups excluding carboxylic acids is 2. The number of hydrogen-bond acceptors (Lipinski definition) is 5. The Labute approximate surface area is 127 Å². The number of urea groups is 1. The zero-order chi connectivity index (χ0) is 15.7. The highest BCUT2D eigenvalue weighted by Crippen LogP contribution is 2.38. The van der Waals surface area contributed by atoms with Gasteiger partial charge in [-0.15, -0.1) is 0 Å². The van der Waals surface area contributed by atoms with Crippen molar-refractivity contribution in [2.24, 2.45) is 0 Å². The Morgan fingerprint density at radius 1 is 1.32 bits per heavy atom. The molecule has 3 amide bonds. The summed E-state index contributed by atoms with van der Waals surface area (Å²) in [6.45, 7) is 2.47. The van der Waals surface area contributed by atoms with Gasteiger partial charge in [0.05, 0.1) is 6.07 Å². The maximum Gasteiger partial charge on any atom is 0.326 e. The zero-order valence-electron chi connectivity index (χ0n) is 12.1. The molecule has 2 heterocycles. The van der Waals surface area contributed by atoms with Gasteiger partial charge in [0, 0.05) is 0 Å². The summed E-state index contributed by atoms with van der Waals surface area (Å²) in [7, 11) is 0. The van der Waals surface area contributed by atoms with Crippen molar-refractivity contribution in [2.45, 2.75) is 18.9 Å². The number of nitrogens with one attached hydrogen (secondary N) is 1. The van der Waals surface area contributed by atoms with Crippen LogP contribution in [0.2, 0.25) is 0 Å². The Morgan fingerprint density at radius 3 is 2.73 bits per heavy atom. The average molecular weight is 301 g/mol. The minimum atomic E-state index is -1.16. The second-order valence-electron chi connectivity index (χ2n) is 5.10. The van der Waals surface area contributed by atoms with Crippen LogP contribution in [0.3, 0.4) is 0 Å². The van der Waals surface area contributed by atoms with Crippen molar-refractivity contribution < 1.29 is 19.1 Å². The minimum Gasteiger partial charge on any atom is -0.486 e. The topological polar surface area (TPSA) is 91.7 Å². The molecule has 2 aliphatic heterocycles. The lowest BCUT2D eigenvalue weighted by Crippen LogP contribution is -2.43. The molecule has 0 aromatic heterocycles. The monoisotopic (exact) mass is 301 g/mol. The van der Waals surface area contributed by atoms with Gasteiger partial charge in [-0.2, -0.15) is 5.26 Å². The van der Waals surface area contributed by atoms with Crippen LogP contribution in [0.5, 0.6) is 11.5 Å². The van der Waals surface area contributed by atoms with Crippen molar-refractivity contribution in [3.8, 4) is 17.6 Å². The number of amides is 3. The number of fused-ring (bicyclic) bond motifs is 1. The number of ether oxygens (including phenoxy) is 2. The number of hydrogen-bond donors (Lipinski definition) is 1. The van der Waals surface area contributed by atoms with Gasteiger partial charge in [-0.25, -0.2) is 9.69 Å². The smallest absolute Gasteiger partial charge is 0.326 e. The molecule has 3 rings (SSSR count). The average Bonchev–Trinajstić information content (AvgIpc) is 2.80. The molecule has 0 bridgehead atoms. The van der Waals surface area contributed by atoms with Crippen LogP contribution in [-0.2, 0) is 10.3 Å². The van der Waals surface area contributed by atoms with Crippen molar-refractivity contribution in [3.05, 3.63) is 23.8 Å². The van der Waals surface area contributed by atoms with E-state index < -0.39 is 17.5 Å². The fourth-order valence-electron chi connectivity index (χ4n) is 2.79. The molecular formula is C15H15N3O4. The van der Waals surface area contributed by atoms with Crippen molar-refractivity contribution >= 4 is 11.9 Å². The lowest BCUT2D eigenvalue weighted by atomic mass is 9.87. The van der Waals surface area contributed by atoms with Crippen LogP contribution in [0.15, 0.2) is 18.2 Å². The van der Waals surface area contributed by atoms with E-state index in [1.54, 1.807) is 18.2 Å². The van der Waals surface area contributed by atoms with Gasteiger partial charge < -0.3 is 14.8 Å². The Morgan fingerprint density at radius 2 is 2.05 bits per heavy atom. The summed E-state index contributed by atoms with van der Waals surface area (Å²) in [5.41, 5.74) is -0.540. The number of rotatable bonds is 3. The summed E-state index contributed by atoms with van der Waals surface area (Å²) in [6, 6.07) is 6.47. The molecule has 1 unspecified atom stereocenters. The predicted molar refractivity (Wildman–Crippen MR) is 75.3 cm³/mol. The van der Waals surface area contributed by atoms with E-state index in [0.29, 0.717) is 36.7 Å². The summed E-state index contributed by atoms with van der Waals surface area (Å²) in [5.74, 6) is 0.752. The molecule has 0 saturated carbocycles. The Kier molecular flexibility index (Phi) is 3.37. The number of nitrogens with zero attached hydrogens (tertiary/aromatic N) is 2. The summed E-state index contributed by atoms with van der Waals surface area (Å²) < 4.78 is 11.0. The molecule has 0 spiro atoms. The quantitative estimate of drug-likeness (QED) is 0.667. The molecule has 1 N–H and O–H groups in total. The number of carbonyl (C=O) groups is 2. The van der Waals surface area contributed by atoms with Crippen molar-refractivity contribution in [2.75, 3.05) is 19.8 Å². The molecule has 1 atom stereocenters. The van der Waals surface area contributed by atoms with E-state index in [1.165, 1.54) is 0 Å². The van der Waals surface area contributed by atoms with Crippen LogP contribution in [-0.4, -0.2) is 36.6 Å². The first-order chi connectivity index (χ1) is 10.6. The van der Waals surface area contributed by atoms with E-state index >= 15 is 0 Å². The fraction of sp³-hybridized carbons (Fsp3) is 0.400. The van der Waals surface area contributed by atoms with Gasteiger partial charge in [-0.1, -0.05) is 13.0 Å². The zero-order valence-corrected chi connectivity index (χ0v) is 12.1. The maximum atomic E-state index is 12.6. The first-order valence-electron chi connectivity index (χ1n) is 7.03. The van der Waals surface area contributed by atoms with Crippen LogP contribution >= 0.6 is 0 Å². The van der Waals surface area contributed by atoms with Gasteiger partial charge in [-0.3, -0.25) is 4.79 Å². The molecule has 7 nitrogen and oxygen atoms in total. The lowest BCUT2D eigenvalue weighted by molar-refractivity contribution is -0.131. The van der Waals surface area contributed by atoms with E-state index in [9.17, 15) is 9.59 Å².